The molecule has 0 aliphatic heterocycles. The highest BCUT2D eigenvalue weighted by Gasteiger charge is 2.17. The average Bonchev–Trinajstić information content (AvgIpc) is 2.64. The molecule has 0 aliphatic carbocycles. The van der Waals surface area contributed by atoms with Gasteiger partial charge in [-0.05, 0) is 55.8 Å². The summed E-state index contributed by atoms with van der Waals surface area (Å²) in [6.45, 7) is 5.74. The van der Waals surface area contributed by atoms with E-state index in [0.29, 0.717) is 17.1 Å². The second-order valence-corrected chi connectivity index (χ2v) is 7.36. The predicted octanol–water partition coefficient (Wildman–Crippen LogP) is 5.58. The molecule has 0 radical (unpaired) electrons. The monoisotopic (exact) mass is 436 g/mol. The van der Waals surface area contributed by atoms with E-state index in [1.807, 2.05) is 48.5 Å². The van der Waals surface area contributed by atoms with Crippen LogP contribution in [-0.2, 0) is 6.54 Å². The first kappa shape index (κ1) is 24.0. The van der Waals surface area contributed by atoms with E-state index >= 15 is 0 Å². The van der Waals surface area contributed by atoms with E-state index in [1.54, 1.807) is 6.20 Å². The molecule has 148 valence electrons. The van der Waals surface area contributed by atoms with Crippen molar-refractivity contribution in [3.8, 4) is 6.07 Å². The highest BCUT2D eigenvalue weighted by molar-refractivity contribution is 6.31. The molecule has 1 aromatic heterocycles. The Hall–Kier alpha value is -2.03. The largest absolute Gasteiger partial charge is 0.383 e. The van der Waals surface area contributed by atoms with Crippen molar-refractivity contribution in [2.24, 2.45) is 0 Å². The lowest BCUT2D eigenvalue weighted by Gasteiger charge is -2.27. The molecule has 0 fully saturated rings. The summed E-state index contributed by atoms with van der Waals surface area (Å²) in [7, 11) is 0. The van der Waals surface area contributed by atoms with Crippen LogP contribution in [0.2, 0.25) is 5.02 Å². The highest BCUT2D eigenvalue weighted by Crippen LogP contribution is 2.24. The topological polar surface area (TPSA) is 60.7 Å². The number of fused-ring (bicyclic) bond motifs is 1. The van der Waals surface area contributed by atoms with Gasteiger partial charge < -0.3 is 10.6 Å². The molecular formula is C21H23Cl3N4. The number of anilines is 1. The van der Waals surface area contributed by atoms with Gasteiger partial charge in [0.1, 0.15) is 0 Å². The van der Waals surface area contributed by atoms with Crippen molar-refractivity contribution in [1.82, 2.24) is 10.3 Å². The summed E-state index contributed by atoms with van der Waals surface area (Å²) in [6.07, 6.45) is 1.79. The van der Waals surface area contributed by atoms with E-state index in [4.69, 9.17) is 16.9 Å². The van der Waals surface area contributed by atoms with Crippen molar-refractivity contribution < 1.29 is 0 Å². The molecule has 4 nitrogen and oxygen atoms in total. The number of benzene rings is 2. The minimum Gasteiger partial charge on any atom is -0.383 e. The lowest BCUT2D eigenvalue weighted by atomic mass is 10.0. The van der Waals surface area contributed by atoms with Crippen molar-refractivity contribution in [3.63, 3.8) is 0 Å². The molecule has 0 saturated carbocycles. The van der Waals surface area contributed by atoms with Gasteiger partial charge in [0, 0.05) is 40.9 Å². The number of rotatable bonds is 6. The van der Waals surface area contributed by atoms with Gasteiger partial charge >= 0.3 is 0 Å². The van der Waals surface area contributed by atoms with Gasteiger partial charge in [-0.25, -0.2) is 0 Å². The first-order valence-electron chi connectivity index (χ1n) is 8.49. The Kier molecular flexibility index (Phi) is 9.00. The quantitative estimate of drug-likeness (QED) is 0.528. The van der Waals surface area contributed by atoms with Crippen molar-refractivity contribution in [2.75, 3.05) is 11.9 Å². The number of nitrogens with zero attached hydrogens (tertiary/aromatic N) is 2. The molecule has 2 N–H and O–H groups in total. The molecular weight excluding hydrogens is 415 g/mol. The molecule has 0 spiro atoms. The van der Waals surface area contributed by atoms with Gasteiger partial charge in [0.25, 0.3) is 0 Å². The maximum absolute atomic E-state index is 9.01. The number of nitrogens with one attached hydrogen (secondary N) is 2. The maximum Gasteiger partial charge on any atom is 0.0991 e. The molecule has 0 aliphatic rings. The first-order valence-corrected chi connectivity index (χ1v) is 8.87. The SMILES string of the molecule is CC(C)(CNc1ccnc2cc(Cl)ccc12)NCc1cccc(C#N)c1.Cl.Cl. The van der Waals surface area contributed by atoms with Crippen LogP contribution >= 0.6 is 36.4 Å². The molecule has 1 heterocycles. The zero-order valence-corrected chi connectivity index (χ0v) is 18.1. The summed E-state index contributed by atoms with van der Waals surface area (Å²) >= 11 is 6.05. The van der Waals surface area contributed by atoms with Crippen molar-refractivity contribution in [1.29, 1.82) is 5.26 Å². The fourth-order valence-corrected chi connectivity index (χ4v) is 2.91. The molecule has 0 unspecified atom stereocenters. The van der Waals surface area contributed by atoms with Crippen LogP contribution in [0, 0.1) is 11.3 Å². The minimum atomic E-state index is -0.134. The van der Waals surface area contributed by atoms with E-state index in [2.05, 4.69) is 35.5 Å². The first-order chi connectivity index (χ1) is 12.5. The highest BCUT2D eigenvalue weighted by atomic mass is 35.5. The summed E-state index contributed by atoms with van der Waals surface area (Å²) in [5, 5.41) is 17.8. The molecule has 2 aromatic carbocycles. The van der Waals surface area contributed by atoms with E-state index < -0.39 is 0 Å². The maximum atomic E-state index is 9.01. The standard InChI is InChI=1S/C21H21ClN4.2ClH/c1-21(2,26-13-16-5-3-4-15(10-16)12-23)14-25-19-8-9-24-20-11-17(22)6-7-18(19)20;;/h3-11,26H,13-14H2,1-2H3,(H,24,25);2*1H. The third-order valence-corrected chi connectivity index (χ3v) is 4.49. The Balaban J connectivity index is 0.00000196. The number of nitriles is 1. The van der Waals surface area contributed by atoms with E-state index in [0.717, 1.165) is 28.7 Å². The number of hydrogen-bond acceptors (Lipinski definition) is 4. The molecule has 3 rings (SSSR count). The molecule has 28 heavy (non-hydrogen) atoms. The Morgan fingerprint density at radius 2 is 1.89 bits per heavy atom. The van der Waals surface area contributed by atoms with E-state index in [9.17, 15) is 0 Å². The van der Waals surface area contributed by atoms with Crippen LogP contribution in [0.25, 0.3) is 10.9 Å². The van der Waals surface area contributed by atoms with Gasteiger partial charge in [0.2, 0.25) is 0 Å². The predicted molar refractivity (Wildman–Crippen MR) is 122 cm³/mol. The van der Waals surface area contributed by atoms with Gasteiger partial charge in [0.15, 0.2) is 0 Å². The Morgan fingerprint density at radius 3 is 2.64 bits per heavy atom. The van der Waals surface area contributed by atoms with Crippen LogP contribution in [0.3, 0.4) is 0 Å². The third-order valence-electron chi connectivity index (χ3n) is 4.25. The molecule has 0 atom stereocenters. The third kappa shape index (κ3) is 6.25. The Morgan fingerprint density at radius 1 is 1.11 bits per heavy atom. The summed E-state index contributed by atoms with van der Waals surface area (Å²) in [5.74, 6) is 0. The number of hydrogen-bond donors (Lipinski definition) is 2. The molecule has 0 amide bonds. The second kappa shape index (κ2) is 10.5. The van der Waals surface area contributed by atoms with Gasteiger partial charge in [-0.1, -0.05) is 23.7 Å². The molecule has 3 aromatic rings. The fourth-order valence-electron chi connectivity index (χ4n) is 2.75. The lowest BCUT2D eigenvalue weighted by Crippen LogP contribution is -2.44. The van der Waals surface area contributed by atoms with Crippen molar-refractivity contribution in [2.45, 2.75) is 25.9 Å². The van der Waals surface area contributed by atoms with Crippen LogP contribution in [0.15, 0.2) is 54.7 Å². The van der Waals surface area contributed by atoms with Crippen LogP contribution in [0.5, 0.6) is 0 Å². The summed E-state index contributed by atoms with van der Waals surface area (Å²) in [5.41, 5.74) is 3.56. The van der Waals surface area contributed by atoms with Crippen molar-refractivity contribution in [3.05, 3.63) is 70.9 Å². The normalized spacial score (nSPS) is 10.5. The van der Waals surface area contributed by atoms with E-state index in [1.165, 1.54) is 0 Å². The zero-order valence-electron chi connectivity index (χ0n) is 15.7. The Bertz CT molecular complexity index is 967. The van der Waals surface area contributed by atoms with Gasteiger partial charge in [-0.2, -0.15) is 5.26 Å². The van der Waals surface area contributed by atoms with Crippen LogP contribution < -0.4 is 10.6 Å². The zero-order chi connectivity index (χ0) is 18.6. The van der Waals surface area contributed by atoms with Gasteiger partial charge in [-0.3, -0.25) is 4.98 Å². The van der Waals surface area contributed by atoms with Crippen LogP contribution in [0.4, 0.5) is 5.69 Å². The number of halogens is 3. The smallest absolute Gasteiger partial charge is 0.0991 e. The number of pyridine rings is 1. The fraction of sp³-hybridized carbons (Fsp3) is 0.238. The summed E-state index contributed by atoms with van der Waals surface area (Å²) in [4.78, 5) is 4.37. The second-order valence-electron chi connectivity index (χ2n) is 6.92. The molecule has 0 saturated heterocycles. The van der Waals surface area contributed by atoms with Crippen LogP contribution in [-0.4, -0.2) is 17.1 Å². The van der Waals surface area contributed by atoms with Crippen LogP contribution in [0.1, 0.15) is 25.0 Å². The molecule has 0 bridgehead atoms. The average molecular weight is 438 g/mol. The van der Waals surface area contributed by atoms with Gasteiger partial charge in [-0.15, -0.1) is 24.8 Å². The molecule has 7 heteroatoms. The summed E-state index contributed by atoms with van der Waals surface area (Å²) < 4.78 is 0. The lowest BCUT2D eigenvalue weighted by molar-refractivity contribution is 0.407. The number of aromatic nitrogens is 1. The Labute approximate surface area is 183 Å². The summed E-state index contributed by atoms with van der Waals surface area (Å²) in [6, 6.07) is 17.6. The minimum absolute atomic E-state index is 0. The van der Waals surface area contributed by atoms with E-state index in [-0.39, 0.29) is 30.4 Å². The van der Waals surface area contributed by atoms with Crippen molar-refractivity contribution >= 4 is 53.0 Å². The van der Waals surface area contributed by atoms with Gasteiger partial charge in [0.05, 0.1) is 17.1 Å².